The van der Waals surface area contributed by atoms with E-state index in [-0.39, 0.29) is 5.92 Å². The largest absolute Gasteiger partial charge is 0.481 e. The van der Waals surface area contributed by atoms with Crippen LogP contribution in [0, 0.1) is 12.8 Å². The van der Waals surface area contributed by atoms with E-state index < -0.39 is 5.97 Å². The molecule has 0 radical (unpaired) electrons. The van der Waals surface area contributed by atoms with E-state index in [0.717, 1.165) is 32.2 Å². The predicted octanol–water partition coefficient (Wildman–Crippen LogP) is 2.12. The van der Waals surface area contributed by atoms with Crippen molar-refractivity contribution in [3.05, 3.63) is 29.6 Å². The lowest BCUT2D eigenvalue weighted by atomic mass is 9.85. The maximum absolute atomic E-state index is 11.0. The molecule has 0 aromatic carbocycles. The molecule has 1 saturated carbocycles. The van der Waals surface area contributed by atoms with Crippen molar-refractivity contribution < 1.29 is 9.90 Å². The number of carboxylic acid groups (broad SMARTS) is 1. The van der Waals surface area contributed by atoms with Crippen molar-refractivity contribution in [1.82, 2.24) is 10.3 Å². The van der Waals surface area contributed by atoms with Gasteiger partial charge in [-0.1, -0.05) is 6.42 Å². The lowest BCUT2D eigenvalue weighted by Crippen LogP contribution is -2.36. The third kappa shape index (κ3) is 3.29. The van der Waals surface area contributed by atoms with Crippen LogP contribution in [0.5, 0.6) is 0 Å². The molecule has 0 aliphatic heterocycles. The second-order valence-corrected chi connectivity index (χ2v) is 5.08. The fourth-order valence-corrected chi connectivity index (χ4v) is 2.54. The first kappa shape index (κ1) is 13.0. The lowest BCUT2D eigenvalue weighted by Gasteiger charge is -2.27. The van der Waals surface area contributed by atoms with Gasteiger partial charge in [0.2, 0.25) is 0 Å². The molecule has 2 N–H and O–H groups in total. The number of rotatable bonds is 4. The third-order valence-electron chi connectivity index (χ3n) is 3.75. The van der Waals surface area contributed by atoms with Crippen LogP contribution < -0.4 is 5.32 Å². The molecular formula is C14H20N2O2. The number of aliphatic carboxylic acids is 1. The van der Waals surface area contributed by atoms with Gasteiger partial charge in [-0.25, -0.2) is 0 Å². The van der Waals surface area contributed by atoms with Crippen LogP contribution in [-0.2, 0) is 11.3 Å². The number of carboxylic acids is 1. The Morgan fingerprint density at radius 2 is 2.39 bits per heavy atom. The standard InChI is InChI=1S/C14H20N2O2/c1-10-5-6-15-8-12(10)9-16-13-4-2-3-11(7-13)14(17)18/h5-6,8,11,13,16H,2-4,7,9H2,1H3,(H,17,18). The van der Waals surface area contributed by atoms with Crippen LogP contribution in [0.1, 0.15) is 36.8 Å². The lowest BCUT2D eigenvalue weighted by molar-refractivity contribution is -0.143. The zero-order valence-electron chi connectivity index (χ0n) is 10.7. The number of hydrogen-bond acceptors (Lipinski definition) is 3. The summed E-state index contributed by atoms with van der Waals surface area (Å²) in [5, 5.41) is 12.5. The molecule has 2 atom stereocenters. The Hall–Kier alpha value is -1.42. The van der Waals surface area contributed by atoms with E-state index in [1.807, 2.05) is 12.3 Å². The first-order valence-electron chi connectivity index (χ1n) is 6.52. The first-order chi connectivity index (χ1) is 8.66. The van der Waals surface area contributed by atoms with Crippen LogP contribution in [0.3, 0.4) is 0 Å². The molecule has 18 heavy (non-hydrogen) atoms. The second-order valence-electron chi connectivity index (χ2n) is 5.08. The van der Waals surface area contributed by atoms with Crippen LogP contribution in [-0.4, -0.2) is 22.1 Å². The van der Waals surface area contributed by atoms with Gasteiger partial charge in [-0.05, 0) is 43.4 Å². The molecule has 4 nitrogen and oxygen atoms in total. The second kappa shape index (κ2) is 5.96. The fraction of sp³-hybridized carbons (Fsp3) is 0.571. The van der Waals surface area contributed by atoms with Crippen molar-refractivity contribution in [2.24, 2.45) is 5.92 Å². The van der Waals surface area contributed by atoms with Gasteiger partial charge >= 0.3 is 5.97 Å². The molecule has 1 aromatic heterocycles. The highest BCUT2D eigenvalue weighted by Crippen LogP contribution is 2.24. The van der Waals surface area contributed by atoms with Gasteiger partial charge in [0.15, 0.2) is 0 Å². The number of pyridine rings is 1. The molecule has 0 bridgehead atoms. The minimum Gasteiger partial charge on any atom is -0.481 e. The number of nitrogens with zero attached hydrogens (tertiary/aromatic N) is 1. The number of aromatic nitrogens is 1. The fourth-order valence-electron chi connectivity index (χ4n) is 2.54. The molecule has 1 aliphatic rings. The maximum Gasteiger partial charge on any atom is 0.306 e. The highest BCUT2D eigenvalue weighted by Gasteiger charge is 2.26. The summed E-state index contributed by atoms with van der Waals surface area (Å²) in [4.78, 5) is 15.1. The molecule has 0 amide bonds. The highest BCUT2D eigenvalue weighted by molar-refractivity contribution is 5.70. The third-order valence-corrected chi connectivity index (χ3v) is 3.75. The van der Waals surface area contributed by atoms with Crippen molar-refractivity contribution in [3.63, 3.8) is 0 Å². The number of nitrogens with one attached hydrogen (secondary N) is 1. The Bertz CT molecular complexity index is 420. The molecule has 4 heteroatoms. The van der Waals surface area contributed by atoms with Crippen LogP contribution in [0.15, 0.2) is 18.5 Å². The van der Waals surface area contributed by atoms with E-state index in [4.69, 9.17) is 5.11 Å². The normalized spacial score (nSPS) is 23.8. The van der Waals surface area contributed by atoms with Crippen LogP contribution in [0.2, 0.25) is 0 Å². The molecule has 2 rings (SSSR count). The SMILES string of the molecule is Cc1ccncc1CNC1CCCC(C(=O)O)C1. The summed E-state index contributed by atoms with van der Waals surface area (Å²) in [6, 6.07) is 2.32. The van der Waals surface area contributed by atoms with Crippen molar-refractivity contribution in [2.45, 2.75) is 45.2 Å². The number of aryl methyl sites for hydroxylation is 1. The summed E-state index contributed by atoms with van der Waals surface area (Å²) in [6.07, 6.45) is 7.30. The summed E-state index contributed by atoms with van der Waals surface area (Å²) in [5.41, 5.74) is 2.41. The minimum atomic E-state index is -0.654. The van der Waals surface area contributed by atoms with Gasteiger partial charge < -0.3 is 10.4 Å². The summed E-state index contributed by atoms with van der Waals surface area (Å²) >= 11 is 0. The smallest absolute Gasteiger partial charge is 0.306 e. The average Bonchev–Trinajstić information content (AvgIpc) is 2.38. The van der Waals surface area contributed by atoms with E-state index >= 15 is 0 Å². The van der Waals surface area contributed by atoms with E-state index in [2.05, 4.69) is 17.2 Å². The zero-order chi connectivity index (χ0) is 13.0. The van der Waals surface area contributed by atoms with E-state index in [1.54, 1.807) is 6.20 Å². The molecule has 1 aromatic rings. The van der Waals surface area contributed by atoms with Gasteiger partial charge in [-0.2, -0.15) is 0 Å². The van der Waals surface area contributed by atoms with E-state index in [0.29, 0.717) is 6.04 Å². The summed E-state index contributed by atoms with van der Waals surface area (Å²) in [7, 11) is 0. The molecule has 0 saturated heterocycles. The van der Waals surface area contributed by atoms with Gasteiger partial charge in [-0.3, -0.25) is 9.78 Å². The van der Waals surface area contributed by atoms with E-state index in [9.17, 15) is 4.79 Å². The summed E-state index contributed by atoms with van der Waals surface area (Å²) < 4.78 is 0. The molecule has 1 fully saturated rings. The molecule has 1 heterocycles. The Morgan fingerprint density at radius 3 is 3.11 bits per heavy atom. The highest BCUT2D eigenvalue weighted by atomic mass is 16.4. The van der Waals surface area contributed by atoms with E-state index in [1.165, 1.54) is 11.1 Å². The van der Waals surface area contributed by atoms with Crippen molar-refractivity contribution >= 4 is 5.97 Å². The molecule has 98 valence electrons. The Labute approximate surface area is 107 Å². The van der Waals surface area contributed by atoms with Crippen LogP contribution >= 0.6 is 0 Å². The van der Waals surface area contributed by atoms with Crippen molar-refractivity contribution in [2.75, 3.05) is 0 Å². The number of carbonyl (C=O) groups is 1. The van der Waals surface area contributed by atoms with Gasteiger partial charge in [0.25, 0.3) is 0 Å². The van der Waals surface area contributed by atoms with Crippen molar-refractivity contribution in [1.29, 1.82) is 0 Å². The average molecular weight is 248 g/mol. The summed E-state index contributed by atoms with van der Waals surface area (Å²) in [5.74, 6) is -0.828. The molecule has 0 spiro atoms. The maximum atomic E-state index is 11.0. The Morgan fingerprint density at radius 1 is 1.56 bits per heavy atom. The molecule has 2 unspecified atom stereocenters. The minimum absolute atomic E-state index is 0.175. The Kier molecular flexibility index (Phi) is 4.31. The quantitative estimate of drug-likeness (QED) is 0.856. The first-order valence-corrected chi connectivity index (χ1v) is 6.52. The number of hydrogen-bond donors (Lipinski definition) is 2. The Balaban J connectivity index is 1.87. The van der Waals surface area contributed by atoms with Gasteiger partial charge in [0.1, 0.15) is 0 Å². The summed E-state index contributed by atoms with van der Waals surface area (Å²) in [6.45, 7) is 2.84. The van der Waals surface area contributed by atoms with Gasteiger partial charge in [0, 0.05) is 25.0 Å². The topological polar surface area (TPSA) is 62.2 Å². The molecule has 1 aliphatic carbocycles. The van der Waals surface area contributed by atoms with Crippen LogP contribution in [0.4, 0.5) is 0 Å². The molecular weight excluding hydrogens is 228 g/mol. The van der Waals surface area contributed by atoms with Crippen molar-refractivity contribution in [3.8, 4) is 0 Å². The monoisotopic (exact) mass is 248 g/mol. The predicted molar refractivity (Wildman–Crippen MR) is 69.2 cm³/mol. The van der Waals surface area contributed by atoms with Gasteiger partial charge in [0.05, 0.1) is 5.92 Å². The van der Waals surface area contributed by atoms with Gasteiger partial charge in [-0.15, -0.1) is 0 Å². The zero-order valence-corrected chi connectivity index (χ0v) is 10.7. The van der Waals surface area contributed by atoms with Crippen LogP contribution in [0.25, 0.3) is 0 Å².